The van der Waals surface area contributed by atoms with Gasteiger partial charge < -0.3 is 25.6 Å². The number of hydrogen-bond acceptors (Lipinski definition) is 6. The van der Waals surface area contributed by atoms with Gasteiger partial charge in [0.25, 0.3) is 5.97 Å². The van der Waals surface area contributed by atoms with Gasteiger partial charge >= 0.3 is 6.09 Å². The number of carbonyl (C=O) groups is 1. The number of rotatable bonds is 12. The molecule has 2 atom stereocenters. The predicted octanol–water partition coefficient (Wildman–Crippen LogP) is 3.82. The Bertz CT molecular complexity index is 691. The standard InChI is InChI=1S/C19H33N2O6P/c1-6-25-19(5,26-7-2)27-28(24,8-3)13-17(21-18(22)23)12-15-11-16(20)10-9-14(15)4/h9-11,17,21H,6-8,12-13,20H2,1-5H3,(H,22,23)/t17-,28?/m1/s1. The van der Waals surface area contributed by atoms with Crippen LogP contribution in [-0.4, -0.2) is 48.8 Å². The number of nitrogens with one attached hydrogen (secondary N) is 1. The van der Waals surface area contributed by atoms with Crippen LogP contribution in [-0.2, 0) is 25.0 Å². The number of hydrogen-bond donors (Lipinski definition) is 3. The van der Waals surface area contributed by atoms with Crippen molar-refractivity contribution in [1.82, 2.24) is 5.32 Å². The third kappa shape index (κ3) is 7.80. The minimum atomic E-state index is -3.26. The zero-order valence-corrected chi connectivity index (χ0v) is 18.3. The predicted molar refractivity (Wildman–Crippen MR) is 110 cm³/mol. The van der Waals surface area contributed by atoms with E-state index >= 15 is 0 Å². The second-order valence-corrected chi connectivity index (χ2v) is 9.48. The van der Waals surface area contributed by atoms with Gasteiger partial charge in [0, 0.05) is 44.2 Å². The Kier molecular flexibility index (Phi) is 9.44. The van der Waals surface area contributed by atoms with Crippen molar-refractivity contribution in [3.8, 4) is 0 Å². The molecular weight excluding hydrogens is 383 g/mol. The number of nitrogens with two attached hydrogens (primary N) is 1. The first-order valence-corrected chi connectivity index (χ1v) is 11.5. The highest BCUT2D eigenvalue weighted by atomic mass is 31.2. The lowest BCUT2D eigenvalue weighted by atomic mass is 10.0. The van der Waals surface area contributed by atoms with E-state index in [2.05, 4.69) is 5.32 Å². The van der Waals surface area contributed by atoms with Gasteiger partial charge in [-0.25, -0.2) is 4.79 Å². The molecule has 0 radical (unpaired) electrons. The Balaban J connectivity index is 3.07. The summed E-state index contributed by atoms with van der Waals surface area (Å²) in [5.74, 6) is -1.45. The molecule has 0 aromatic heterocycles. The minimum absolute atomic E-state index is 0.0137. The molecule has 0 bridgehead atoms. The second-order valence-electron chi connectivity index (χ2n) is 6.67. The van der Waals surface area contributed by atoms with Crippen molar-refractivity contribution in [3.05, 3.63) is 29.3 Å². The summed E-state index contributed by atoms with van der Waals surface area (Å²) in [6.07, 6.45) is -0.612. The van der Waals surface area contributed by atoms with Gasteiger partial charge in [0.05, 0.1) is 0 Å². The van der Waals surface area contributed by atoms with E-state index in [4.69, 9.17) is 19.7 Å². The van der Waals surface area contributed by atoms with E-state index in [0.29, 0.717) is 25.3 Å². The average molecular weight is 416 g/mol. The van der Waals surface area contributed by atoms with E-state index in [-0.39, 0.29) is 12.3 Å². The normalized spacial score (nSPS) is 15.0. The summed E-state index contributed by atoms with van der Waals surface area (Å²) in [5.41, 5.74) is 8.31. The molecule has 1 unspecified atom stereocenters. The van der Waals surface area contributed by atoms with Gasteiger partial charge in [-0.3, -0.25) is 9.09 Å². The maximum Gasteiger partial charge on any atom is 0.404 e. The zero-order chi connectivity index (χ0) is 21.4. The molecule has 0 aliphatic carbocycles. The quantitative estimate of drug-likeness (QED) is 0.269. The molecule has 9 heteroatoms. The fraction of sp³-hybridized carbons (Fsp3) is 0.632. The van der Waals surface area contributed by atoms with Gasteiger partial charge in [0.1, 0.15) is 0 Å². The van der Waals surface area contributed by atoms with Crippen LogP contribution >= 0.6 is 7.37 Å². The third-order valence-corrected chi connectivity index (χ3v) is 6.92. The number of carboxylic acid groups (broad SMARTS) is 1. The van der Waals surface area contributed by atoms with Gasteiger partial charge in [-0.1, -0.05) is 13.0 Å². The Labute approximate surface area is 167 Å². The lowest BCUT2D eigenvalue weighted by Gasteiger charge is -2.33. The summed E-state index contributed by atoms with van der Waals surface area (Å²) in [6, 6.07) is 4.85. The Morgan fingerprint density at radius 1 is 1.29 bits per heavy atom. The van der Waals surface area contributed by atoms with E-state index in [1.54, 1.807) is 39.8 Å². The van der Waals surface area contributed by atoms with Gasteiger partial charge in [-0.2, -0.15) is 0 Å². The summed E-state index contributed by atoms with van der Waals surface area (Å²) < 4.78 is 30.3. The van der Waals surface area contributed by atoms with Crippen LogP contribution in [0.2, 0.25) is 0 Å². The molecule has 0 saturated heterocycles. The van der Waals surface area contributed by atoms with Crippen LogP contribution in [0.25, 0.3) is 0 Å². The molecule has 1 amide bonds. The van der Waals surface area contributed by atoms with Crippen molar-refractivity contribution in [1.29, 1.82) is 0 Å². The molecule has 0 aliphatic heterocycles. The van der Waals surface area contributed by atoms with E-state index < -0.39 is 25.5 Å². The van der Waals surface area contributed by atoms with Crippen molar-refractivity contribution >= 4 is 19.1 Å². The minimum Gasteiger partial charge on any atom is -0.465 e. The number of benzene rings is 1. The van der Waals surface area contributed by atoms with E-state index in [0.717, 1.165) is 11.1 Å². The van der Waals surface area contributed by atoms with Crippen LogP contribution < -0.4 is 11.1 Å². The lowest BCUT2D eigenvalue weighted by molar-refractivity contribution is -0.328. The first-order valence-electron chi connectivity index (χ1n) is 9.47. The van der Waals surface area contributed by atoms with E-state index in [9.17, 15) is 14.5 Å². The molecule has 0 fully saturated rings. The number of amides is 1. The molecule has 1 aromatic rings. The summed E-state index contributed by atoms with van der Waals surface area (Å²) in [6.45, 7) is 9.44. The number of nitrogen functional groups attached to an aromatic ring is 1. The highest BCUT2D eigenvalue weighted by Gasteiger charge is 2.38. The van der Waals surface area contributed by atoms with Crippen LogP contribution in [0, 0.1) is 6.92 Å². The lowest BCUT2D eigenvalue weighted by Crippen LogP contribution is -2.41. The first kappa shape index (κ1) is 24.4. The molecule has 1 rings (SSSR count). The fourth-order valence-corrected chi connectivity index (χ4v) is 5.06. The van der Waals surface area contributed by atoms with Gasteiger partial charge in [0.2, 0.25) is 7.37 Å². The van der Waals surface area contributed by atoms with E-state index in [1.165, 1.54) is 0 Å². The van der Waals surface area contributed by atoms with Crippen molar-refractivity contribution in [3.63, 3.8) is 0 Å². The summed E-state index contributed by atoms with van der Waals surface area (Å²) in [7, 11) is -3.26. The maximum absolute atomic E-state index is 13.4. The van der Waals surface area contributed by atoms with Crippen LogP contribution in [0.1, 0.15) is 38.8 Å². The monoisotopic (exact) mass is 416 g/mol. The first-order chi connectivity index (χ1) is 13.1. The van der Waals surface area contributed by atoms with Gasteiger partial charge in [0.15, 0.2) is 0 Å². The molecule has 0 spiro atoms. The Morgan fingerprint density at radius 3 is 2.39 bits per heavy atom. The SMILES string of the molecule is CCOC(C)(OCC)OP(=O)(CC)C[C@@H](Cc1cc(N)ccc1C)NC(=O)O. The Morgan fingerprint density at radius 2 is 1.89 bits per heavy atom. The number of anilines is 1. The fourth-order valence-electron chi connectivity index (χ4n) is 3.00. The van der Waals surface area contributed by atoms with Crippen molar-refractivity contribution in [2.75, 3.05) is 31.3 Å². The van der Waals surface area contributed by atoms with Gasteiger partial charge in [-0.15, -0.1) is 0 Å². The van der Waals surface area contributed by atoms with Gasteiger partial charge in [-0.05, 0) is 50.5 Å². The molecular formula is C19H33N2O6P. The summed E-state index contributed by atoms with van der Waals surface area (Å²) >= 11 is 0. The molecule has 0 aliphatic rings. The number of aryl methyl sites for hydroxylation is 1. The second kappa shape index (κ2) is 10.8. The largest absolute Gasteiger partial charge is 0.465 e. The third-order valence-electron chi connectivity index (χ3n) is 4.29. The number of ether oxygens (including phenoxy) is 2. The van der Waals surface area contributed by atoms with Crippen LogP contribution in [0.5, 0.6) is 0 Å². The highest BCUT2D eigenvalue weighted by Crippen LogP contribution is 2.51. The molecule has 28 heavy (non-hydrogen) atoms. The van der Waals surface area contributed by atoms with Crippen molar-refractivity contribution < 1.29 is 28.5 Å². The molecule has 160 valence electrons. The van der Waals surface area contributed by atoms with Crippen LogP contribution in [0.15, 0.2) is 18.2 Å². The molecule has 0 saturated carbocycles. The van der Waals surface area contributed by atoms with Crippen LogP contribution in [0.3, 0.4) is 0 Å². The topological polar surface area (TPSA) is 120 Å². The molecule has 0 heterocycles. The maximum atomic E-state index is 13.4. The van der Waals surface area contributed by atoms with Crippen molar-refractivity contribution in [2.45, 2.75) is 53.1 Å². The van der Waals surface area contributed by atoms with Crippen molar-refractivity contribution in [2.24, 2.45) is 0 Å². The smallest absolute Gasteiger partial charge is 0.404 e. The van der Waals surface area contributed by atoms with E-state index in [1.807, 2.05) is 13.0 Å². The van der Waals surface area contributed by atoms with Crippen LogP contribution in [0.4, 0.5) is 10.5 Å². The molecule has 4 N–H and O–H groups in total. The Hall–Kier alpha value is -1.60. The molecule has 1 aromatic carbocycles. The summed E-state index contributed by atoms with van der Waals surface area (Å²) in [5, 5.41) is 11.7. The molecule has 8 nitrogen and oxygen atoms in total. The highest BCUT2D eigenvalue weighted by molar-refractivity contribution is 7.59. The average Bonchev–Trinajstić information content (AvgIpc) is 2.57. The zero-order valence-electron chi connectivity index (χ0n) is 17.4. The summed E-state index contributed by atoms with van der Waals surface area (Å²) in [4.78, 5) is 11.3.